The van der Waals surface area contributed by atoms with E-state index in [1.54, 1.807) is 12.1 Å². The van der Waals surface area contributed by atoms with Gasteiger partial charge in [-0.2, -0.15) is 0 Å². The van der Waals surface area contributed by atoms with Crippen LogP contribution in [0.2, 0.25) is 0 Å². The summed E-state index contributed by atoms with van der Waals surface area (Å²) in [6.07, 6.45) is 7.86. The molecule has 0 saturated heterocycles. The molecule has 0 atom stereocenters. The molecule has 0 unspecified atom stereocenters. The standard InChI is InChI=1S/C16H25FN2/c1-18-12-13-11-14(17)9-10-16(13)19(2)15-7-5-3-4-6-8-15/h9-11,15,18H,3-8,12H2,1-2H3. The fourth-order valence-corrected chi connectivity index (χ4v) is 3.07. The fraction of sp³-hybridized carbons (Fsp3) is 0.625. The maximum absolute atomic E-state index is 13.4. The molecule has 0 heterocycles. The third-order valence-corrected chi connectivity index (χ3v) is 4.16. The van der Waals surface area contributed by atoms with E-state index >= 15 is 0 Å². The summed E-state index contributed by atoms with van der Waals surface area (Å²) >= 11 is 0. The van der Waals surface area contributed by atoms with Gasteiger partial charge in [-0.15, -0.1) is 0 Å². The van der Waals surface area contributed by atoms with E-state index in [0.717, 1.165) is 5.56 Å². The molecule has 1 saturated carbocycles. The largest absolute Gasteiger partial charge is 0.371 e. The highest BCUT2D eigenvalue weighted by atomic mass is 19.1. The zero-order valence-corrected chi connectivity index (χ0v) is 12.1. The van der Waals surface area contributed by atoms with Crippen LogP contribution in [0.15, 0.2) is 18.2 Å². The molecule has 1 aromatic carbocycles. The highest BCUT2D eigenvalue weighted by Gasteiger charge is 2.19. The van der Waals surface area contributed by atoms with Crippen LogP contribution in [0.3, 0.4) is 0 Å². The van der Waals surface area contributed by atoms with Crippen molar-refractivity contribution in [1.82, 2.24) is 5.32 Å². The van der Waals surface area contributed by atoms with E-state index in [-0.39, 0.29) is 5.82 Å². The molecule has 2 rings (SSSR count). The highest BCUT2D eigenvalue weighted by molar-refractivity contribution is 5.54. The fourth-order valence-electron chi connectivity index (χ4n) is 3.07. The second kappa shape index (κ2) is 6.90. The summed E-state index contributed by atoms with van der Waals surface area (Å²) in [5, 5.41) is 3.13. The first-order valence-corrected chi connectivity index (χ1v) is 7.38. The van der Waals surface area contributed by atoms with Crippen LogP contribution in [-0.4, -0.2) is 20.1 Å². The van der Waals surface area contributed by atoms with E-state index < -0.39 is 0 Å². The molecule has 0 bridgehead atoms. The summed E-state index contributed by atoms with van der Waals surface area (Å²) < 4.78 is 13.4. The van der Waals surface area contributed by atoms with Crippen molar-refractivity contribution in [2.45, 2.75) is 51.1 Å². The van der Waals surface area contributed by atoms with Crippen LogP contribution in [0.4, 0.5) is 10.1 Å². The van der Waals surface area contributed by atoms with Gasteiger partial charge in [-0.25, -0.2) is 4.39 Å². The number of benzene rings is 1. The maximum atomic E-state index is 13.4. The van der Waals surface area contributed by atoms with Gasteiger partial charge in [0.2, 0.25) is 0 Å². The van der Waals surface area contributed by atoms with E-state index in [2.05, 4.69) is 17.3 Å². The number of hydrogen-bond acceptors (Lipinski definition) is 2. The molecule has 3 heteroatoms. The van der Waals surface area contributed by atoms with Crippen molar-refractivity contribution < 1.29 is 4.39 Å². The van der Waals surface area contributed by atoms with Crippen molar-refractivity contribution in [2.75, 3.05) is 19.0 Å². The van der Waals surface area contributed by atoms with Crippen LogP contribution >= 0.6 is 0 Å². The van der Waals surface area contributed by atoms with Gasteiger partial charge in [0, 0.05) is 25.3 Å². The third-order valence-electron chi connectivity index (χ3n) is 4.16. The topological polar surface area (TPSA) is 15.3 Å². The highest BCUT2D eigenvalue weighted by Crippen LogP contribution is 2.28. The number of nitrogens with zero attached hydrogens (tertiary/aromatic N) is 1. The first-order valence-electron chi connectivity index (χ1n) is 7.38. The Kier molecular flexibility index (Phi) is 5.20. The quantitative estimate of drug-likeness (QED) is 0.834. The minimum Gasteiger partial charge on any atom is -0.371 e. The van der Waals surface area contributed by atoms with Crippen molar-refractivity contribution in [3.8, 4) is 0 Å². The molecule has 1 N–H and O–H groups in total. The van der Waals surface area contributed by atoms with Gasteiger partial charge in [-0.3, -0.25) is 0 Å². The van der Waals surface area contributed by atoms with E-state index in [0.29, 0.717) is 12.6 Å². The molecule has 0 radical (unpaired) electrons. The first kappa shape index (κ1) is 14.3. The zero-order chi connectivity index (χ0) is 13.7. The van der Waals surface area contributed by atoms with Gasteiger partial charge in [0.15, 0.2) is 0 Å². The summed E-state index contributed by atoms with van der Waals surface area (Å²) in [7, 11) is 4.06. The Balaban J connectivity index is 2.18. The van der Waals surface area contributed by atoms with E-state index in [4.69, 9.17) is 0 Å². The maximum Gasteiger partial charge on any atom is 0.123 e. The van der Waals surface area contributed by atoms with Crippen molar-refractivity contribution >= 4 is 5.69 Å². The third kappa shape index (κ3) is 3.69. The van der Waals surface area contributed by atoms with Crippen molar-refractivity contribution in [3.63, 3.8) is 0 Å². The lowest BCUT2D eigenvalue weighted by Gasteiger charge is -2.31. The molecule has 1 fully saturated rings. The minimum atomic E-state index is -0.150. The molecular weight excluding hydrogens is 239 g/mol. The van der Waals surface area contributed by atoms with Gasteiger partial charge in [-0.05, 0) is 43.7 Å². The number of hydrogen-bond donors (Lipinski definition) is 1. The Morgan fingerprint density at radius 1 is 1.21 bits per heavy atom. The SMILES string of the molecule is CNCc1cc(F)ccc1N(C)C1CCCCCC1. The van der Waals surface area contributed by atoms with Gasteiger partial charge in [0.25, 0.3) is 0 Å². The average Bonchev–Trinajstić information content (AvgIpc) is 2.67. The number of halogens is 1. The lowest BCUT2D eigenvalue weighted by Crippen LogP contribution is -2.32. The van der Waals surface area contributed by atoms with Crippen LogP contribution in [0.5, 0.6) is 0 Å². The summed E-state index contributed by atoms with van der Waals surface area (Å²) in [5.41, 5.74) is 2.22. The lowest BCUT2D eigenvalue weighted by atomic mass is 10.0. The molecule has 2 nitrogen and oxygen atoms in total. The van der Waals surface area contributed by atoms with E-state index in [1.807, 2.05) is 13.1 Å². The molecule has 0 aromatic heterocycles. The molecule has 1 aliphatic carbocycles. The zero-order valence-electron chi connectivity index (χ0n) is 12.1. The predicted molar refractivity (Wildman–Crippen MR) is 79.1 cm³/mol. The van der Waals surface area contributed by atoms with Gasteiger partial charge in [-0.1, -0.05) is 25.7 Å². The van der Waals surface area contributed by atoms with Crippen LogP contribution in [0.25, 0.3) is 0 Å². The van der Waals surface area contributed by atoms with Crippen LogP contribution in [0.1, 0.15) is 44.1 Å². The Morgan fingerprint density at radius 2 is 1.89 bits per heavy atom. The summed E-state index contributed by atoms with van der Waals surface area (Å²) in [6, 6.07) is 5.75. The molecule has 1 aliphatic rings. The normalized spacial score (nSPS) is 17.2. The minimum absolute atomic E-state index is 0.150. The predicted octanol–water partition coefficient (Wildman–Crippen LogP) is 3.70. The average molecular weight is 264 g/mol. The Hall–Kier alpha value is -1.09. The Bertz CT molecular complexity index is 398. The van der Waals surface area contributed by atoms with Crippen molar-refractivity contribution in [1.29, 1.82) is 0 Å². The monoisotopic (exact) mass is 264 g/mol. The summed E-state index contributed by atoms with van der Waals surface area (Å²) in [5.74, 6) is -0.150. The Morgan fingerprint density at radius 3 is 2.53 bits per heavy atom. The van der Waals surface area contributed by atoms with Gasteiger partial charge >= 0.3 is 0 Å². The van der Waals surface area contributed by atoms with E-state index in [9.17, 15) is 4.39 Å². The van der Waals surface area contributed by atoms with Gasteiger partial charge in [0.1, 0.15) is 5.82 Å². The Labute approximate surface area is 116 Å². The van der Waals surface area contributed by atoms with Crippen LogP contribution < -0.4 is 10.2 Å². The number of anilines is 1. The molecular formula is C16H25FN2. The van der Waals surface area contributed by atoms with E-state index in [1.165, 1.54) is 44.2 Å². The smallest absolute Gasteiger partial charge is 0.123 e. The summed E-state index contributed by atoms with van der Waals surface area (Å²) in [6.45, 7) is 0.712. The molecule has 1 aromatic rings. The summed E-state index contributed by atoms with van der Waals surface area (Å²) in [4.78, 5) is 2.36. The van der Waals surface area contributed by atoms with Crippen molar-refractivity contribution in [2.24, 2.45) is 0 Å². The molecule has 0 spiro atoms. The molecule has 106 valence electrons. The van der Waals surface area contributed by atoms with Crippen molar-refractivity contribution in [3.05, 3.63) is 29.6 Å². The molecule has 0 amide bonds. The van der Waals surface area contributed by atoms with Gasteiger partial charge < -0.3 is 10.2 Å². The first-order chi connectivity index (χ1) is 9.22. The van der Waals surface area contributed by atoms with Crippen LogP contribution in [0, 0.1) is 5.82 Å². The number of nitrogens with one attached hydrogen (secondary N) is 1. The number of rotatable bonds is 4. The van der Waals surface area contributed by atoms with Crippen LogP contribution in [-0.2, 0) is 6.54 Å². The second-order valence-corrected chi connectivity index (χ2v) is 5.56. The molecule has 19 heavy (non-hydrogen) atoms. The van der Waals surface area contributed by atoms with Gasteiger partial charge in [0.05, 0.1) is 0 Å². The second-order valence-electron chi connectivity index (χ2n) is 5.56. The lowest BCUT2D eigenvalue weighted by molar-refractivity contribution is 0.550. The molecule has 0 aliphatic heterocycles.